The lowest BCUT2D eigenvalue weighted by molar-refractivity contribution is 0.275. The maximum absolute atomic E-state index is 13.5. The summed E-state index contributed by atoms with van der Waals surface area (Å²) in [5.74, 6) is -0.370. The van der Waals surface area contributed by atoms with E-state index in [2.05, 4.69) is 5.32 Å². The molecular weight excluding hydrogens is 277 g/mol. The van der Waals surface area contributed by atoms with Gasteiger partial charge in [0, 0.05) is 23.7 Å². The molecular formula is C16H17ClFNO. The second-order valence-electron chi connectivity index (χ2n) is 4.77. The Morgan fingerprint density at radius 3 is 2.35 bits per heavy atom. The smallest absolute Gasteiger partial charge is 0.129 e. The van der Waals surface area contributed by atoms with Crippen LogP contribution in [-0.4, -0.2) is 5.11 Å². The third kappa shape index (κ3) is 3.79. The molecule has 0 saturated carbocycles. The third-order valence-electron chi connectivity index (χ3n) is 3.18. The fourth-order valence-corrected chi connectivity index (χ4v) is 2.13. The zero-order valence-corrected chi connectivity index (χ0v) is 12.0. The van der Waals surface area contributed by atoms with Gasteiger partial charge in [-0.2, -0.15) is 0 Å². The lowest BCUT2D eigenvalue weighted by Gasteiger charge is -2.08. The predicted octanol–water partition coefficient (Wildman–Crippen LogP) is 3.57. The van der Waals surface area contributed by atoms with Crippen LogP contribution in [0.15, 0.2) is 36.4 Å². The van der Waals surface area contributed by atoms with Crippen molar-refractivity contribution < 1.29 is 9.50 Å². The minimum atomic E-state index is -0.370. The topological polar surface area (TPSA) is 32.3 Å². The summed E-state index contributed by atoms with van der Waals surface area (Å²) in [6, 6.07) is 10.8. The molecule has 2 nitrogen and oxygen atoms in total. The van der Waals surface area contributed by atoms with Crippen molar-refractivity contribution in [2.45, 2.75) is 26.6 Å². The average molecular weight is 294 g/mol. The van der Waals surface area contributed by atoms with E-state index in [1.807, 2.05) is 31.2 Å². The Morgan fingerprint density at radius 1 is 1.10 bits per heavy atom. The highest BCUT2D eigenvalue weighted by Crippen LogP contribution is 2.16. The molecule has 2 aromatic carbocycles. The van der Waals surface area contributed by atoms with E-state index in [9.17, 15) is 4.39 Å². The lowest BCUT2D eigenvalue weighted by Crippen LogP contribution is -2.13. The van der Waals surface area contributed by atoms with Crippen LogP contribution in [0.5, 0.6) is 0 Å². The summed E-state index contributed by atoms with van der Waals surface area (Å²) in [4.78, 5) is 0. The summed E-state index contributed by atoms with van der Waals surface area (Å²) in [6.07, 6.45) is 0. The standard InChI is InChI=1S/C16H17ClFNO/c1-11-2-3-12(6-15(11)17)8-19-9-13-4-5-14(10-20)16(18)7-13/h2-7,19-20H,8-10H2,1H3. The number of aryl methyl sites for hydroxylation is 1. The van der Waals surface area contributed by atoms with Crippen LogP contribution < -0.4 is 5.32 Å². The monoisotopic (exact) mass is 293 g/mol. The van der Waals surface area contributed by atoms with Crippen molar-refractivity contribution in [3.63, 3.8) is 0 Å². The van der Waals surface area contributed by atoms with E-state index in [0.717, 1.165) is 21.7 Å². The van der Waals surface area contributed by atoms with Gasteiger partial charge in [0.1, 0.15) is 5.82 Å². The number of hydrogen-bond acceptors (Lipinski definition) is 2. The van der Waals surface area contributed by atoms with Crippen molar-refractivity contribution in [3.8, 4) is 0 Å². The van der Waals surface area contributed by atoms with Gasteiger partial charge in [-0.05, 0) is 35.7 Å². The first kappa shape index (κ1) is 15.0. The first-order chi connectivity index (χ1) is 9.60. The summed E-state index contributed by atoms with van der Waals surface area (Å²) in [5.41, 5.74) is 3.31. The normalized spacial score (nSPS) is 10.8. The van der Waals surface area contributed by atoms with Gasteiger partial charge in [-0.15, -0.1) is 0 Å². The first-order valence-corrected chi connectivity index (χ1v) is 6.82. The molecule has 106 valence electrons. The Balaban J connectivity index is 1.92. The maximum Gasteiger partial charge on any atom is 0.129 e. The molecule has 2 aromatic rings. The molecule has 0 fully saturated rings. The SMILES string of the molecule is Cc1ccc(CNCc2ccc(CO)c(F)c2)cc1Cl. The van der Waals surface area contributed by atoms with Crippen molar-refractivity contribution in [1.82, 2.24) is 5.32 Å². The lowest BCUT2D eigenvalue weighted by atomic mass is 10.1. The number of halogens is 2. The Bertz CT molecular complexity index is 601. The first-order valence-electron chi connectivity index (χ1n) is 6.44. The molecule has 2 N–H and O–H groups in total. The molecule has 0 saturated heterocycles. The minimum Gasteiger partial charge on any atom is -0.392 e. The molecule has 0 aliphatic rings. The van der Waals surface area contributed by atoms with Gasteiger partial charge in [-0.3, -0.25) is 0 Å². The average Bonchev–Trinajstić information content (AvgIpc) is 2.43. The molecule has 0 aliphatic heterocycles. The second-order valence-corrected chi connectivity index (χ2v) is 5.18. The summed E-state index contributed by atoms with van der Waals surface area (Å²) in [7, 11) is 0. The molecule has 0 spiro atoms. The second kappa shape index (κ2) is 6.84. The number of hydrogen-bond donors (Lipinski definition) is 2. The van der Waals surface area contributed by atoms with Crippen molar-refractivity contribution >= 4 is 11.6 Å². The van der Waals surface area contributed by atoms with Crippen molar-refractivity contribution in [2.75, 3.05) is 0 Å². The van der Waals surface area contributed by atoms with Crippen LogP contribution >= 0.6 is 11.6 Å². The molecule has 4 heteroatoms. The van der Waals surface area contributed by atoms with Crippen LogP contribution in [0, 0.1) is 12.7 Å². The zero-order valence-electron chi connectivity index (χ0n) is 11.3. The van der Waals surface area contributed by atoms with Crippen molar-refractivity contribution in [3.05, 3.63) is 69.5 Å². The fourth-order valence-electron chi connectivity index (χ4n) is 1.93. The van der Waals surface area contributed by atoms with Crippen LogP contribution in [0.2, 0.25) is 5.02 Å². The summed E-state index contributed by atoms with van der Waals surface area (Å²) < 4.78 is 13.5. The van der Waals surface area contributed by atoms with Crippen LogP contribution in [0.3, 0.4) is 0 Å². The molecule has 0 atom stereocenters. The van der Waals surface area contributed by atoms with Crippen LogP contribution in [0.4, 0.5) is 4.39 Å². The molecule has 0 amide bonds. The Morgan fingerprint density at radius 2 is 1.75 bits per heavy atom. The van der Waals surface area contributed by atoms with Gasteiger partial charge in [-0.25, -0.2) is 4.39 Å². The fraction of sp³-hybridized carbons (Fsp3) is 0.250. The number of nitrogens with one attached hydrogen (secondary N) is 1. The van der Waals surface area contributed by atoms with Gasteiger partial charge in [-0.1, -0.05) is 35.9 Å². The van der Waals surface area contributed by atoms with Crippen molar-refractivity contribution in [2.24, 2.45) is 0 Å². The van der Waals surface area contributed by atoms with E-state index in [1.165, 1.54) is 6.07 Å². The molecule has 0 aliphatic carbocycles. The minimum absolute atomic E-state index is 0.276. The Hall–Kier alpha value is -1.42. The summed E-state index contributed by atoms with van der Waals surface area (Å²) in [6.45, 7) is 2.92. The van der Waals surface area contributed by atoms with E-state index in [4.69, 9.17) is 16.7 Å². The maximum atomic E-state index is 13.5. The number of rotatable bonds is 5. The van der Waals surface area contributed by atoms with Crippen molar-refractivity contribution in [1.29, 1.82) is 0 Å². The van der Waals surface area contributed by atoms with E-state index < -0.39 is 0 Å². The predicted molar refractivity (Wildman–Crippen MR) is 79.1 cm³/mol. The highest BCUT2D eigenvalue weighted by Gasteiger charge is 2.03. The number of aliphatic hydroxyl groups is 1. The Labute approximate surface area is 123 Å². The summed E-state index contributed by atoms with van der Waals surface area (Å²) >= 11 is 6.06. The molecule has 0 unspecified atom stereocenters. The number of aliphatic hydroxyl groups excluding tert-OH is 1. The van der Waals surface area contributed by atoms with E-state index in [-0.39, 0.29) is 12.4 Å². The molecule has 20 heavy (non-hydrogen) atoms. The van der Waals surface area contributed by atoms with Crippen LogP contribution in [-0.2, 0) is 19.7 Å². The third-order valence-corrected chi connectivity index (χ3v) is 3.59. The summed E-state index contributed by atoms with van der Waals surface area (Å²) in [5, 5.41) is 12.9. The number of benzene rings is 2. The van der Waals surface area contributed by atoms with Gasteiger partial charge >= 0.3 is 0 Å². The highest BCUT2D eigenvalue weighted by molar-refractivity contribution is 6.31. The van der Waals surface area contributed by atoms with Gasteiger partial charge in [0.25, 0.3) is 0 Å². The molecule has 0 radical (unpaired) electrons. The van der Waals surface area contributed by atoms with Crippen LogP contribution in [0.1, 0.15) is 22.3 Å². The largest absolute Gasteiger partial charge is 0.392 e. The quantitative estimate of drug-likeness (QED) is 0.883. The van der Waals surface area contributed by atoms with Gasteiger partial charge < -0.3 is 10.4 Å². The zero-order chi connectivity index (χ0) is 14.5. The molecule has 0 aromatic heterocycles. The van der Waals surface area contributed by atoms with Gasteiger partial charge in [0.15, 0.2) is 0 Å². The van der Waals surface area contributed by atoms with Crippen LogP contribution in [0.25, 0.3) is 0 Å². The molecule has 2 rings (SSSR count). The van der Waals surface area contributed by atoms with E-state index in [1.54, 1.807) is 6.07 Å². The van der Waals surface area contributed by atoms with E-state index >= 15 is 0 Å². The van der Waals surface area contributed by atoms with Gasteiger partial charge in [0.05, 0.1) is 6.61 Å². The Kier molecular flexibility index (Phi) is 5.12. The highest BCUT2D eigenvalue weighted by atomic mass is 35.5. The van der Waals surface area contributed by atoms with Gasteiger partial charge in [0.2, 0.25) is 0 Å². The molecule has 0 heterocycles. The molecule has 0 bridgehead atoms. The van der Waals surface area contributed by atoms with E-state index in [0.29, 0.717) is 18.7 Å².